The summed E-state index contributed by atoms with van der Waals surface area (Å²) in [7, 11) is 1.94. The molecule has 4 heteroatoms. The minimum absolute atomic E-state index is 0.138. The Balaban J connectivity index is 1.78. The molecule has 1 heterocycles. The van der Waals surface area contributed by atoms with Gasteiger partial charge in [0.2, 0.25) is 0 Å². The van der Waals surface area contributed by atoms with Crippen LogP contribution in [0.3, 0.4) is 0 Å². The predicted octanol–water partition coefficient (Wildman–Crippen LogP) is 2.20. The molecule has 0 unspecified atom stereocenters. The molecule has 2 rings (SSSR count). The molecule has 18 heavy (non-hydrogen) atoms. The van der Waals surface area contributed by atoms with E-state index >= 15 is 0 Å². The summed E-state index contributed by atoms with van der Waals surface area (Å²) in [4.78, 5) is 0. The monoisotopic (exact) mass is 247 g/mol. The molecule has 0 saturated heterocycles. The Labute approximate surface area is 107 Å². The standard InChI is InChI=1S/C14H18FN3/c1-11-3-4-12(9-14(11)15)10-16-7-5-13-6-8-17-18(13)2/h3-4,6,8-9,16H,5,7,10H2,1-2H3. The van der Waals surface area contributed by atoms with Crippen LogP contribution in [-0.2, 0) is 20.0 Å². The normalized spacial score (nSPS) is 10.8. The van der Waals surface area contributed by atoms with Gasteiger partial charge >= 0.3 is 0 Å². The molecule has 3 nitrogen and oxygen atoms in total. The first-order chi connectivity index (χ1) is 8.66. The fourth-order valence-corrected chi connectivity index (χ4v) is 1.84. The molecule has 0 fully saturated rings. The number of rotatable bonds is 5. The lowest BCUT2D eigenvalue weighted by Crippen LogP contribution is -2.18. The van der Waals surface area contributed by atoms with Gasteiger partial charge in [0.15, 0.2) is 0 Å². The Morgan fingerprint density at radius 3 is 2.83 bits per heavy atom. The van der Waals surface area contributed by atoms with Crippen LogP contribution in [0.4, 0.5) is 4.39 Å². The third-order valence-electron chi connectivity index (χ3n) is 3.05. The highest BCUT2D eigenvalue weighted by molar-refractivity contribution is 5.23. The van der Waals surface area contributed by atoms with Gasteiger partial charge < -0.3 is 5.32 Å². The van der Waals surface area contributed by atoms with Gasteiger partial charge in [-0.1, -0.05) is 12.1 Å². The fourth-order valence-electron chi connectivity index (χ4n) is 1.84. The number of aromatic nitrogens is 2. The van der Waals surface area contributed by atoms with E-state index in [2.05, 4.69) is 10.4 Å². The Hall–Kier alpha value is -1.68. The summed E-state index contributed by atoms with van der Waals surface area (Å²) in [6.07, 6.45) is 2.72. The van der Waals surface area contributed by atoms with Gasteiger partial charge in [-0.15, -0.1) is 0 Å². The van der Waals surface area contributed by atoms with Gasteiger partial charge in [-0.3, -0.25) is 4.68 Å². The molecule has 1 aromatic carbocycles. The number of hydrogen-bond donors (Lipinski definition) is 1. The maximum atomic E-state index is 13.3. The van der Waals surface area contributed by atoms with Crippen molar-refractivity contribution in [2.45, 2.75) is 19.9 Å². The Morgan fingerprint density at radius 2 is 2.17 bits per heavy atom. The Morgan fingerprint density at radius 1 is 1.33 bits per heavy atom. The fraction of sp³-hybridized carbons (Fsp3) is 0.357. The van der Waals surface area contributed by atoms with Gasteiger partial charge in [0.05, 0.1) is 0 Å². The lowest BCUT2D eigenvalue weighted by molar-refractivity contribution is 0.609. The molecule has 0 aliphatic carbocycles. The number of hydrogen-bond acceptors (Lipinski definition) is 2. The average molecular weight is 247 g/mol. The first kappa shape index (κ1) is 12.8. The number of halogens is 1. The third kappa shape index (κ3) is 3.17. The minimum Gasteiger partial charge on any atom is -0.312 e. The first-order valence-electron chi connectivity index (χ1n) is 6.09. The highest BCUT2D eigenvalue weighted by Crippen LogP contribution is 2.08. The van der Waals surface area contributed by atoms with Crippen molar-refractivity contribution in [2.75, 3.05) is 6.54 Å². The van der Waals surface area contributed by atoms with Gasteiger partial charge in [0.25, 0.3) is 0 Å². The number of aryl methyl sites for hydroxylation is 2. The van der Waals surface area contributed by atoms with Crippen molar-refractivity contribution in [3.8, 4) is 0 Å². The van der Waals surface area contributed by atoms with Crippen molar-refractivity contribution in [1.29, 1.82) is 0 Å². The van der Waals surface area contributed by atoms with E-state index in [1.54, 1.807) is 19.2 Å². The van der Waals surface area contributed by atoms with Crippen LogP contribution >= 0.6 is 0 Å². The maximum absolute atomic E-state index is 13.3. The number of nitrogens with zero attached hydrogens (tertiary/aromatic N) is 2. The van der Waals surface area contributed by atoms with Gasteiger partial charge in [-0.05, 0) is 30.2 Å². The van der Waals surface area contributed by atoms with E-state index in [1.807, 2.05) is 29.9 Å². The lowest BCUT2D eigenvalue weighted by Gasteiger charge is -2.06. The SMILES string of the molecule is Cc1ccc(CNCCc2ccnn2C)cc1F. The molecule has 0 aliphatic heterocycles. The van der Waals surface area contributed by atoms with Crippen molar-refractivity contribution < 1.29 is 4.39 Å². The van der Waals surface area contributed by atoms with Crippen LogP contribution in [0.1, 0.15) is 16.8 Å². The molecule has 0 bridgehead atoms. The summed E-state index contributed by atoms with van der Waals surface area (Å²) in [5, 5.41) is 7.42. The molecule has 0 radical (unpaired) electrons. The Kier molecular flexibility index (Phi) is 4.10. The predicted molar refractivity (Wildman–Crippen MR) is 69.8 cm³/mol. The molecule has 0 atom stereocenters. The average Bonchev–Trinajstić information content (AvgIpc) is 2.75. The van der Waals surface area contributed by atoms with Gasteiger partial charge in [0.1, 0.15) is 5.82 Å². The summed E-state index contributed by atoms with van der Waals surface area (Å²) in [5.41, 5.74) is 2.86. The highest BCUT2D eigenvalue weighted by atomic mass is 19.1. The van der Waals surface area contributed by atoms with Crippen molar-refractivity contribution >= 4 is 0 Å². The van der Waals surface area contributed by atoms with Crippen LogP contribution in [0.2, 0.25) is 0 Å². The van der Waals surface area contributed by atoms with E-state index < -0.39 is 0 Å². The zero-order valence-electron chi connectivity index (χ0n) is 10.8. The minimum atomic E-state index is -0.138. The van der Waals surface area contributed by atoms with Crippen molar-refractivity contribution in [3.05, 3.63) is 53.1 Å². The molecule has 96 valence electrons. The molecule has 0 saturated carbocycles. The molecule has 0 aliphatic rings. The third-order valence-corrected chi connectivity index (χ3v) is 3.05. The zero-order valence-corrected chi connectivity index (χ0v) is 10.8. The molecule has 0 amide bonds. The molecular weight excluding hydrogens is 229 g/mol. The van der Waals surface area contributed by atoms with Gasteiger partial charge in [0, 0.05) is 38.4 Å². The summed E-state index contributed by atoms with van der Waals surface area (Å²) >= 11 is 0. The van der Waals surface area contributed by atoms with E-state index in [0.29, 0.717) is 12.1 Å². The summed E-state index contributed by atoms with van der Waals surface area (Å²) in [6, 6.07) is 7.36. The molecule has 2 aromatic rings. The van der Waals surface area contributed by atoms with Crippen LogP contribution in [-0.4, -0.2) is 16.3 Å². The topological polar surface area (TPSA) is 29.9 Å². The van der Waals surface area contributed by atoms with Gasteiger partial charge in [-0.2, -0.15) is 5.10 Å². The number of nitrogens with one attached hydrogen (secondary N) is 1. The lowest BCUT2D eigenvalue weighted by atomic mass is 10.1. The largest absolute Gasteiger partial charge is 0.312 e. The summed E-state index contributed by atoms with van der Waals surface area (Å²) in [6.45, 7) is 3.32. The Bertz CT molecular complexity index is 520. The zero-order chi connectivity index (χ0) is 13.0. The van der Waals surface area contributed by atoms with E-state index in [0.717, 1.165) is 18.5 Å². The van der Waals surface area contributed by atoms with E-state index in [-0.39, 0.29) is 5.82 Å². The van der Waals surface area contributed by atoms with Crippen LogP contribution < -0.4 is 5.32 Å². The highest BCUT2D eigenvalue weighted by Gasteiger charge is 2.00. The number of benzene rings is 1. The van der Waals surface area contributed by atoms with E-state index in [4.69, 9.17) is 0 Å². The van der Waals surface area contributed by atoms with Crippen LogP contribution in [0.15, 0.2) is 30.5 Å². The second kappa shape index (κ2) is 5.78. The van der Waals surface area contributed by atoms with E-state index in [1.165, 1.54) is 5.69 Å². The van der Waals surface area contributed by atoms with E-state index in [9.17, 15) is 4.39 Å². The first-order valence-corrected chi connectivity index (χ1v) is 6.09. The molecular formula is C14H18FN3. The van der Waals surface area contributed by atoms with Crippen molar-refractivity contribution in [1.82, 2.24) is 15.1 Å². The molecule has 0 spiro atoms. The molecule has 1 N–H and O–H groups in total. The van der Waals surface area contributed by atoms with Crippen molar-refractivity contribution in [2.24, 2.45) is 7.05 Å². The van der Waals surface area contributed by atoms with Crippen LogP contribution in [0, 0.1) is 12.7 Å². The van der Waals surface area contributed by atoms with Crippen molar-refractivity contribution in [3.63, 3.8) is 0 Å². The summed E-state index contributed by atoms with van der Waals surface area (Å²) < 4.78 is 15.2. The quantitative estimate of drug-likeness (QED) is 0.821. The van der Waals surface area contributed by atoms with Gasteiger partial charge in [-0.25, -0.2) is 4.39 Å². The molecule has 1 aromatic heterocycles. The van der Waals surface area contributed by atoms with Crippen LogP contribution in [0.25, 0.3) is 0 Å². The summed E-state index contributed by atoms with van der Waals surface area (Å²) in [5.74, 6) is -0.138. The van der Waals surface area contributed by atoms with Crippen LogP contribution in [0.5, 0.6) is 0 Å². The maximum Gasteiger partial charge on any atom is 0.126 e. The smallest absolute Gasteiger partial charge is 0.126 e. The second-order valence-electron chi connectivity index (χ2n) is 4.46. The second-order valence-corrected chi connectivity index (χ2v) is 4.46.